The molecule has 2 N–H and O–H groups in total. The van der Waals surface area contributed by atoms with Crippen LogP contribution < -0.4 is 159 Å². The van der Waals surface area contributed by atoms with E-state index in [0.717, 1.165) is 22.5 Å². The number of amidine groups is 2. The number of nitrogens with zero attached hydrogens (tertiary/aromatic N) is 2. The molecule has 8 aromatic carbocycles. The van der Waals surface area contributed by atoms with Crippen LogP contribution in [0.1, 0.15) is 65.2 Å². The minimum absolute atomic E-state index is 0. The van der Waals surface area contributed by atoms with Gasteiger partial charge >= 0.3 is 130 Å². The van der Waals surface area contributed by atoms with Gasteiger partial charge in [0.15, 0.2) is 21.5 Å². The van der Waals surface area contributed by atoms with E-state index in [1.807, 2.05) is 241 Å². The number of benzene rings is 8. The van der Waals surface area contributed by atoms with Crippen molar-refractivity contribution in [2.24, 2.45) is 9.98 Å². The third-order valence-electron chi connectivity index (χ3n) is 13.4. The molecule has 4 heterocycles. The Bertz CT molecular complexity index is 3830. The fourth-order valence-corrected chi connectivity index (χ4v) is 17.5. The first-order valence-electron chi connectivity index (χ1n) is 23.1. The molecule has 84 heavy (non-hydrogen) atoms. The van der Waals surface area contributed by atoms with Gasteiger partial charge in [-0.1, -0.05) is 71.5 Å². The molecule has 0 aliphatic carbocycles. The summed E-state index contributed by atoms with van der Waals surface area (Å²) in [7, 11) is 0. The molecule has 0 saturated carbocycles. The fourth-order valence-electron chi connectivity index (χ4n) is 9.84. The Morgan fingerprint density at radius 3 is 1.00 bits per heavy atom. The van der Waals surface area contributed by atoms with Gasteiger partial charge in [-0.15, -0.1) is 25.3 Å². The summed E-state index contributed by atoms with van der Waals surface area (Å²) < 4.78 is 28.3. The second-order valence-electron chi connectivity index (χ2n) is 18.0. The first kappa shape index (κ1) is 70.6. The molecule has 0 aromatic heterocycles. The minimum atomic E-state index is -1.49. The van der Waals surface area contributed by atoms with E-state index in [4.69, 9.17) is 18.9 Å². The van der Waals surface area contributed by atoms with Gasteiger partial charge in [0.05, 0.1) is 22.5 Å². The maximum atomic E-state index is 13.9. The van der Waals surface area contributed by atoms with Crippen LogP contribution in [0.3, 0.4) is 0 Å². The number of fused-ring (bicyclic) bond motifs is 12. The van der Waals surface area contributed by atoms with E-state index in [0.29, 0.717) is 73.3 Å². The van der Waals surface area contributed by atoms with Crippen LogP contribution in [0.25, 0.3) is 12.2 Å². The molecule has 2 spiro atoms. The van der Waals surface area contributed by atoms with E-state index < -0.39 is 23.1 Å². The van der Waals surface area contributed by atoms with E-state index in [2.05, 4.69) is 45.9 Å². The largest absolute Gasteiger partial charge is 1.00 e. The van der Waals surface area contributed by atoms with Crippen molar-refractivity contribution in [2.75, 3.05) is 10.6 Å². The summed E-state index contributed by atoms with van der Waals surface area (Å²) >= 11 is 24.9. The molecule has 400 valence electrons. The average Bonchev–Trinajstić information content (AvgIpc) is 2.60. The molecule has 0 bridgehead atoms. The molecule has 0 radical (unpaired) electrons. The second kappa shape index (κ2) is 28.1. The van der Waals surface area contributed by atoms with Crippen LogP contribution in [0, 0.1) is 28.6 Å². The molecule has 0 unspecified atom stereocenters. The molecular formula is C56H24I8N4Na4O10S2. The molecule has 4 aliphatic heterocycles. The Labute approximate surface area is 688 Å². The van der Waals surface area contributed by atoms with Crippen LogP contribution in [0.4, 0.5) is 22.7 Å². The van der Waals surface area contributed by atoms with Gasteiger partial charge in [0.2, 0.25) is 0 Å². The molecule has 0 saturated heterocycles. The minimum Gasteiger partial charge on any atom is -0.871 e. The molecule has 0 atom stereocenters. The summed E-state index contributed by atoms with van der Waals surface area (Å²) in [4.78, 5) is 37.1. The molecule has 28 heteroatoms. The first-order chi connectivity index (χ1) is 38.2. The Morgan fingerprint density at radius 2 is 0.714 bits per heavy atom. The zero-order valence-electron chi connectivity index (χ0n) is 43.4. The fraction of sp³-hybridized carbons (Fsp3) is 0.0357. The molecule has 0 fully saturated rings. The van der Waals surface area contributed by atoms with Crippen molar-refractivity contribution in [3.8, 4) is 46.0 Å². The predicted molar refractivity (Wildman–Crippen MR) is 370 cm³/mol. The molecular weight excluding hydrogens is 2060 g/mol. The van der Waals surface area contributed by atoms with Gasteiger partial charge in [0.25, 0.3) is 0 Å². The Hall–Kier alpha value is 0.720. The number of thiol groups is 2. The first-order valence-corrected chi connectivity index (χ1v) is 32.6. The summed E-state index contributed by atoms with van der Waals surface area (Å²) in [5.41, 5.74) is 4.76. The van der Waals surface area contributed by atoms with Gasteiger partial charge in [-0.2, -0.15) is 0 Å². The van der Waals surface area contributed by atoms with Gasteiger partial charge in [0.1, 0.15) is 23.0 Å². The number of carbonyl (C=O) groups is 2. The average molecular weight is 2080 g/mol. The van der Waals surface area contributed by atoms with Crippen LogP contribution in [0.2, 0.25) is 0 Å². The standard InChI is InChI=1S/C56H28I8N4O10S2.4Na/c57-35-17-31-47(39(61)43(35)69)75-48-32(18-36(58)44(70)40(48)62)55(31)29-13-11-25(15-27(29)51(73)77-55)67-53(79)65-23-7-3-21(4-8-23)1-2-22-5-9-24(10-6-22)66-54(80)68-26-12-14-30-28(16-26)52(74)78-56(30)33-19-37(59)45(71)41(63)49(33)76-50-34(56)20-38(60)46(72)42(50)64;;;;/h1-20,69-72H,(H2,65,67,79)(H2,66,68,80);;;;/q;4*+1/p-4/b2-1+;;;;. The van der Waals surface area contributed by atoms with E-state index in [1.165, 1.54) is 0 Å². The maximum absolute atomic E-state index is 13.9. The number of ether oxygens (including phenoxy) is 4. The number of hydrogen-bond acceptors (Lipinski definition) is 12. The van der Waals surface area contributed by atoms with E-state index >= 15 is 0 Å². The quantitative estimate of drug-likeness (QED) is 0.0359. The smallest absolute Gasteiger partial charge is 0.871 e. The third-order valence-corrected chi connectivity index (χ3v) is 21.0. The molecule has 4 aliphatic rings. The number of carbonyl (C=O) groups excluding carboxylic acids is 2. The summed E-state index contributed by atoms with van der Waals surface area (Å²) in [6.45, 7) is 0. The number of halogens is 8. The number of anilines is 2. The Kier molecular flexibility index (Phi) is 23.6. The van der Waals surface area contributed by atoms with Gasteiger partial charge in [0, 0.05) is 73.3 Å². The Balaban J connectivity index is 0.00000230. The second-order valence-corrected chi connectivity index (χ2v) is 27.8. The van der Waals surface area contributed by atoms with Crippen LogP contribution in [-0.4, -0.2) is 22.3 Å². The van der Waals surface area contributed by atoms with E-state index in [9.17, 15) is 30.0 Å². The van der Waals surface area contributed by atoms with Crippen molar-refractivity contribution < 1.29 is 167 Å². The zero-order valence-corrected chi connectivity index (χ0v) is 70.5. The van der Waals surface area contributed by atoms with Crippen LogP contribution in [0.5, 0.6) is 46.0 Å². The van der Waals surface area contributed by atoms with Crippen molar-refractivity contribution in [2.45, 2.75) is 11.2 Å². The molecule has 0 amide bonds. The number of esters is 2. The van der Waals surface area contributed by atoms with Crippen LogP contribution in [-0.2, 0) is 20.7 Å². The number of hydrogen-bond donors (Lipinski definition) is 4. The zero-order chi connectivity index (χ0) is 56.4. The number of rotatable bonds is 6. The third kappa shape index (κ3) is 12.6. The van der Waals surface area contributed by atoms with Crippen LogP contribution >= 0.6 is 206 Å². The SMILES string of the molecule is O=C1OC2(c3ccc(N=C(S)Nc4ccc(/C=C/c5ccc(NC(S)=Nc6ccc7c(c6)C(=O)OC76c7cc(I)c([O-])c(I)c7Oc7c6cc(I)c([O-])c7I)cc5)cc4)cc31)c1cc(I)c([O-])c(I)c1Oc1c2cc(I)c([O-])c1I.[Na+].[Na+].[Na+].[Na+]. The summed E-state index contributed by atoms with van der Waals surface area (Å²) in [6.07, 6.45) is 3.96. The number of aliphatic imine (C=N–C) groups is 2. The Morgan fingerprint density at radius 1 is 0.429 bits per heavy atom. The van der Waals surface area contributed by atoms with E-state index in [-0.39, 0.29) is 186 Å². The molecule has 12 rings (SSSR count). The molecule has 14 nitrogen and oxygen atoms in total. The normalized spacial score (nSPS) is 14.4. The number of nitrogens with one attached hydrogen (secondary N) is 2. The monoisotopic (exact) mass is 2080 g/mol. The van der Waals surface area contributed by atoms with Crippen molar-refractivity contribution in [1.82, 2.24) is 0 Å². The van der Waals surface area contributed by atoms with E-state index in [1.54, 1.807) is 60.7 Å². The van der Waals surface area contributed by atoms with Crippen molar-refractivity contribution >= 4 is 263 Å². The topological polar surface area (TPSA) is 212 Å². The van der Waals surface area contributed by atoms with Gasteiger partial charge in [-0.25, -0.2) is 19.6 Å². The van der Waals surface area contributed by atoms with Crippen molar-refractivity contribution in [1.29, 1.82) is 0 Å². The predicted octanol–water partition coefficient (Wildman–Crippen LogP) is 2.20. The van der Waals surface area contributed by atoms with Crippen LogP contribution in [0.15, 0.2) is 119 Å². The summed E-state index contributed by atoms with van der Waals surface area (Å²) in [5.74, 6) is -1.15. The molecule has 8 aromatic rings. The van der Waals surface area contributed by atoms with Gasteiger partial charge < -0.3 is 50.0 Å². The summed E-state index contributed by atoms with van der Waals surface area (Å²) in [5, 5.41) is 59.4. The van der Waals surface area contributed by atoms with Gasteiger partial charge in [-0.3, -0.25) is 0 Å². The van der Waals surface area contributed by atoms with Crippen molar-refractivity contribution in [3.63, 3.8) is 0 Å². The maximum Gasteiger partial charge on any atom is 1.00 e. The van der Waals surface area contributed by atoms with Gasteiger partial charge in [-0.05, 0) is 265 Å². The summed E-state index contributed by atoms with van der Waals surface area (Å²) in [6, 6.07) is 32.4. The van der Waals surface area contributed by atoms with Crippen molar-refractivity contribution in [3.05, 3.63) is 193 Å².